The molecule has 1 aliphatic heterocycles. The van der Waals surface area contributed by atoms with E-state index in [1.165, 1.54) is 10.5 Å². The van der Waals surface area contributed by atoms with Crippen LogP contribution in [0.2, 0.25) is 5.02 Å². The Labute approximate surface area is 210 Å². The summed E-state index contributed by atoms with van der Waals surface area (Å²) in [6, 6.07) is 21.9. The lowest BCUT2D eigenvalue weighted by molar-refractivity contribution is -0.136. The Morgan fingerprint density at radius 1 is 1.00 bits per heavy atom. The fraction of sp³-hybridized carbons (Fsp3) is 0.296. The van der Waals surface area contributed by atoms with E-state index in [2.05, 4.69) is 40.4 Å². The summed E-state index contributed by atoms with van der Waals surface area (Å²) in [4.78, 5) is 14.9. The number of carboxylic acid groups (broad SMARTS) is 1. The summed E-state index contributed by atoms with van der Waals surface area (Å²) in [6.07, 6.45) is 0.00533. The lowest BCUT2D eigenvalue weighted by atomic mass is 10.1. The minimum Gasteiger partial charge on any atom is -0.489 e. The van der Waals surface area contributed by atoms with Gasteiger partial charge in [0.2, 0.25) is 0 Å². The zero-order chi connectivity index (χ0) is 23.9. The Morgan fingerprint density at radius 3 is 2.44 bits per heavy atom. The molecule has 178 valence electrons. The first-order valence-electron chi connectivity index (χ1n) is 11.4. The first-order valence-corrected chi connectivity index (χ1v) is 12.5. The number of nitrogens with zero attached hydrogens (tertiary/aromatic N) is 2. The Balaban J connectivity index is 1.39. The van der Waals surface area contributed by atoms with Gasteiger partial charge in [0.1, 0.15) is 12.4 Å². The van der Waals surface area contributed by atoms with E-state index < -0.39 is 5.97 Å². The molecule has 4 rings (SSSR count). The molecule has 0 bridgehead atoms. The van der Waals surface area contributed by atoms with Crippen molar-refractivity contribution in [3.05, 3.63) is 94.0 Å². The topological polar surface area (TPSA) is 53.0 Å². The van der Waals surface area contributed by atoms with Crippen LogP contribution in [0.3, 0.4) is 0 Å². The summed E-state index contributed by atoms with van der Waals surface area (Å²) in [6.45, 7) is 7.10. The van der Waals surface area contributed by atoms with Crippen LogP contribution in [0.25, 0.3) is 0 Å². The molecule has 1 heterocycles. The lowest BCUT2D eigenvalue weighted by Gasteiger charge is -2.34. The number of aryl methyl sites for hydroxylation is 1. The van der Waals surface area contributed by atoms with Gasteiger partial charge in [-0.2, -0.15) is 0 Å². The van der Waals surface area contributed by atoms with Crippen molar-refractivity contribution < 1.29 is 14.6 Å². The highest BCUT2D eigenvalue weighted by atomic mass is 35.5. The maximum Gasteiger partial charge on any atom is 0.307 e. The first-order chi connectivity index (χ1) is 16.4. The largest absolute Gasteiger partial charge is 0.489 e. The predicted molar refractivity (Wildman–Crippen MR) is 137 cm³/mol. The van der Waals surface area contributed by atoms with Gasteiger partial charge in [-0.1, -0.05) is 48.0 Å². The Kier molecular flexibility index (Phi) is 8.51. The fourth-order valence-electron chi connectivity index (χ4n) is 3.96. The summed E-state index contributed by atoms with van der Waals surface area (Å²) in [5.74, 6) is -0.0387. The van der Waals surface area contributed by atoms with Crippen molar-refractivity contribution >= 4 is 29.5 Å². The van der Waals surface area contributed by atoms with E-state index in [9.17, 15) is 9.90 Å². The summed E-state index contributed by atoms with van der Waals surface area (Å²) >= 11 is 7.80. The van der Waals surface area contributed by atoms with E-state index in [0.29, 0.717) is 11.6 Å². The third kappa shape index (κ3) is 7.24. The Hall–Kier alpha value is -2.51. The number of hydrogen-bond acceptors (Lipinski definition) is 5. The monoisotopic (exact) mass is 496 g/mol. The van der Waals surface area contributed by atoms with Gasteiger partial charge in [0, 0.05) is 48.2 Å². The fourth-order valence-corrected chi connectivity index (χ4v) is 5.11. The number of aliphatic carboxylic acids is 1. The van der Waals surface area contributed by atoms with Crippen molar-refractivity contribution in [3.63, 3.8) is 0 Å². The Bertz CT molecular complexity index is 1120. The van der Waals surface area contributed by atoms with Crippen LogP contribution in [-0.2, 0) is 24.4 Å². The molecule has 34 heavy (non-hydrogen) atoms. The number of hydrogen-bond donors (Lipinski definition) is 1. The van der Waals surface area contributed by atoms with Crippen molar-refractivity contribution in [2.24, 2.45) is 0 Å². The quantitative estimate of drug-likeness (QED) is 0.385. The third-order valence-corrected chi connectivity index (χ3v) is 7.08. The molecule has 0 atom stereocenters. The van der Waals surface area contributed by atoms with Crippen molar-refractivity contribution in [3.8, 4) is 5.75 Å². The van der Waals surface area contributed by atoms with Gasteiger partial charge in [-0.3, -0.25) is 9.69 Å². The van der Waals surface area contributed by atoms with E-state index >= 15 is 0 Å². The molecule has 0 unspecified atom stereocenters. The average Bonchev–Trinajstić information content (AvgIpc) is 2.81. The molecular weight excluding hydrogens is 468 g/mol. The molecule has 1 N–H and O–H groups in total. The number of carbonyl (C=O) groups is 1. The van der Waals surface area contributed by atoms with Gasteiger partial charge in [0.15, 0.2) is 0 Å². The van der Waals surface area contributed by atoms with Crippen LogP contribution in [0.4, 0.5) is 0 Å². The van der Waals surface area contributed by atoms with Crippen LogP contribution in [0.5, 0.6) is 5.75 Å². The number of halogens is 1. The summed E-state index contributed by atoms with van der Waals surface area (Å²) in [5, 5.41) is 9.93. The highest BCUT2D eigenvalue weighted by Gasteiger charge is 2.20. The molecule has 0 aromatic heterocycles. The van der Waals surface area contributed by atoms with Gasteiger partial charge in [0.25, 0.3) is 0 Å². The van der Waals surface area contributed by atoms with Crippen LogP contribution in [-0.4, -0.2) is 46.5 Å². The van der Waals surface area contributed by atoms with Gasteiger partial charge in [0.05, 0.1) is 6.42 Å². The van der Waals surface area contributed by atoms with Crippen LogP contribution in [0.15, 0.2) is 71.6 Å². The standard InChI is InChI=1S/C27H29ClN2O3S/c1-20-3-2-4-25(15-20)34-30-13-11-29(12-14-30)18-23-16-22(17-27(31)32)7-10-26(23)33-19-21-5-8-24(28)9-6-21/h2-10,15-16H,11-14,17-19H2,1H3,(H,31,32). The minimum atomic E-state index is -0.831. The second-order valence-corrected chi connectivity index (χ2v) is 10.1. The van der Waals surface area contributed by atoms with Crippen molar-refractivity contribution in [2.45, 2.75) is 31.4 Å². The number of carboxylic acids is 1. The first kappa shape index (κ1) is 24.6. The summed E-state index contributed by atoms with van der Waals surface area (Å²) in [5.41, 5.74) is 4.12. The smallest absolute Gasteiger partial charge is 0.307 e. The molecule has 7 heteroatoms. The summed E-state index contributed by atoms with van der Waals surface area (Å²) in [7, 11) is 0. The molecule has 0 radical (unpaired) electrons. The molecule has 0 saturated carbocycles. The average molecular weight is 497 g/mol. The van der Waals surface area contributed by atoms with E-state index in [0.717, 1.165) is 55.2 Å². The minimum absolute atomic E-state index is 0.00533. The molecule has 0 amide bonds. The number of piperazine rings is 1. The Morgan fingerprint density at radius 2 is 1.74 bits per heavy atom. The predicted octanol–water partition coefficient (Wildman–Crippen LogP) is 5.68. The molecule has 1 saturated heterocycles. The zero-order valence-electron chi connectivity index (χ0n) is 19.2. The van der Waals surface area contributed by atoms with Crippen molar-refractivity contribution in [1.29, 1.82) is 0 Å². The lowest BCUT2D eigenvalue weighted by Crippen LogP contribution is -2.42. The van der Waals surface area contributed by atoms with Crippen molar-refractivity contribution in [1.82, 2.24) is 9.21 Å². The SMILES string of the molecule is Cc1cccc(SN2CCN(Cc3cc(CC(=O)O)ccc3OCc3ccc(Cl)cc3)CC2)c1. The normalized spacial score (nSPS) is 14.8. The molecule has 3 aromatic rings. The molecule has 0 spiro atoms. The van der Waals surface area contributed by atoms with Gasteiger partial charge < -0.3 is 9.84 Å². The molecular formula is C27H29ClN2O3S. The molecule has 1 aliphatic rings. The molecule has 1 fully saturated rings. The van der Waals surface area contributed by atoms with Gasteiger partial charge in [-0.05, 0) is 65.9 Å². The number of ether oxygens (including phenoxy) is 1. The van der Waals surface area contributed by atoms with Gasteiger partial charge in [-0.25, -0.2) is 4.31 Å². The summed E-state index contributed by atoms with van der Waals surface area (Å²) < 4.78 is 8.55. The van der Waals surface area contributed by atoms with Crippen LogP contribution < -0.4 is 4.74 Å². The van der Waals surface area contributed by atoms with E-state index in [4.69, 9.17) is 16.3 Å². The maximum absolute atomic E-state index is 11.2. The van der Waals surface area contributed by atoms with Crippen LogP contribution >= 0.6 is 23.5 Å². The van der Waals surface area contributed by atoms with E-state index in [-0.39, 0.29) is 6.42 Å². The number of rotatable bonds is 9. The van der Waals surface area contributed by atoms with E-state index in [1.54, 1.807) is 0 Å². The highest BCUT2D eigenvalue weighted by molar-refractivity contribution is 7.97. The second-order valence-electron chi connectivity index (χ2n) is 8.54. The molecule has 3 aromatic carbocycles. The molecule has 5 nitrogen and oxygen atoms in total. The van der Waals surface area contributed by atoms with Crippen molar-refractivity contribution in [2.75, 3.05) is 26.2 Å². The van der Waals surface area contributed by atoms with Crippen LogP contribution in [0, 0.1) is 6.92 Å². The zero-order valence-corrected chi connectivity index (χ0v) is 20.8. The molecule has 0 aliphatic carbocycles. The maximum atomic E-state index is 11.2. The number of benzene rings is 3. The third-order valence-electron chi connectivity index (χ3n) is 5.74. The van der Waals surface area contributed by atoms with Gasteiger partial charge >= 0.3 is 5.97 Å². The van der Waals surface area contributed by atoms with E-state index in [1.807, 2.05) is 54.4 Å². The van der Waals surface area contributed by atoms with Crippen LogP contribution in [0.1, 0.15) is 22.3 Å². The van der Waals surface area contributed by atoms with Gasteiger partial charge in [-0.15, -0.1) is 0 Å². The second kappa shape index (κ2) is 11.8. The highest BCUT2D eigenvalue weighted by Crippen LogP contribution is 2.27.